The molecule has 0 saturated heterocycles. The molecule has 0 radical (unpaired) electrons. The molecule has 0 N–H and O–H groups in total. The van der Waals surface area contributed by atoms with Gasteiger partial charge in [0.25, 0.3) is 11.8 Å². The normalized spacial score (nSPS) is 10.5. The summed E-state index contributed by atoms with van der Waals surface area (Å²) in [6.45, 7) is 0.527. The molecule has 0 fully saturated rings. The Kier molecular flexibility index (Phi) is 9.61. The van der Waals surface area contributed by atoms with Gasteiger partial charge in [-0.05, 0) is 47.5 Å². The van der Waals surface area contributed by atoms with Crippen LogP contribution < -0.4 is 14.4 Å². The van der Waals surface area contributed by atoms with Crippen LogP contribution >= 0.6 is 0 Å². The standard InChI is InChI=1S/C36H32N2O4/c39-35(37(25-29-15-5-1-6-16-29)26-30-17-7-2-8-18-30)27-41-33-23-13-14-24-34(33)42-28-36(40)38(31-19-9-3-10-20-31)32-21-11-4-12-22-32/h1-24H,25-28H2. The number of ether oxygens (including phenoxy) is 2. The van der Waals surface area contributed by atoms with Crippen LogP contribution in [0.25, 0.3) is 0 Å². The number of amides is 2. The van der Waals surface area contributed by atoms with Crippen molar-refractivity contribution in [1.82, 2.24) is 4.90 Å². The molecule has 6 heteroatoms. The predicted molar refractivity (Wildman–Crippen MR) is 165 cm³/mol. The molecule has 5 rings (SSSR count). The van der Waals surface area contributed by atoms with E-state index in [0.717, 1.165) is 22.5 Å². The maximum absolute atomic E-state index is 13.4. The average molecular weight is 557 g/mol. The molecule has 5 aromatic carbocycles. The van der Waals surface area contributed by atoms with Gasteiger partial charge in [0.05, 0.1) is 0 Å². The first-order chi connectivity index (χ1) is 20.7. The van der Waals surface area contributed by atoms with E-state index in [1.807, 2.05) is 121 Å². The molecule has 6 nitrogen and oxygen atoms in total. The summed E-state index contributed by atoms with van der Waals surface area (Å²) in [6, 6.07) is 45.7. The molecule has 0 unspecified atom stereocenters. The van der Waals surface area contributed by atoms with Crippen LogP contribution in [-0.4, -0.2) is 29.9 Å². The minimum atomic E-state index is -0.241. The lowest BCUT2D eigenvalue weighted by Gasteiger charge is -2.24. The molecule has 0 saturated carbocycles. The Morgan fingerprint density at radius 3 is 1.24 bits per heavy atom. The zero-order valence-electron chi connectivity index (χ0n) is 23.2. The van der Waals surface area contributed by atoms with Crippen molar-refractivity contribution in [3.8, 4) is 11.5 Å². The fourth-order valence-corrected chi connectivity index (χ4v) is 4.55. The van der Waals surface area contributed by atoms with Gasteiger partial charge in [0, 0.05) is 24.5 Å². The second-order valence-electron chi connectivity index (χ2n) is 9.65. The molecule has 0 aliphatic carbocycles. The third-order valence-corrected chi connectivity index (χ3v) is 6.61. The van der Waals surface area contributed by atoms with Crippen LogP contribution in [0.5, 0.6) is 11.5 Å². The van der Waals surface area contributed by atoms with Crippen molar-refractivity contribution in [2.45, 2.75) is 13.1 Å². The molecule has 2 amide bonds. The first kappa shape index (κ1) is 28.2. The SMILES string of the molecule is O=C(COc1ccccc1OCC(=O)N(c1ccccc1)c1ccccc1)N(Cc1ccccc1)Cc1ccccc1. The molecule has 0 atom stereocenters. The fraction of sp³-hybridized carbons (Fsp3) is 0.111. The Hall–Kier alpha value is -5.36. The van der Waals surface area contributed by atoms with Crippen LogP contribution in [0.1, 0.15) is 11.1 Å². The quantitative estimate of drug-likeness (QED) is 0.165. The molecule has 0 aromatic heterocycles. The summed E-state index contributed by atoms with van der Waals surface area (Å²) >= 11 is 0. The van der Waals surface area contributed by atoms with E-state index in [-0.39, 0.29) is 25.0 Å². The highest BCUT2D eigenvalue weighted by Gasteiger charge is 2.20. The number of para-hydroxylation sites is 4. The van der Waals surface area contributed by atoms with Crippen molar-refractivity contribution in [3.63, 3.8) is 0 Å². The smallest absolute Gasteiger partial charge is 0.269 e. The van der Waals surface area contributed by atoms with Crippen molar-refractivity contribution in [3.05, 3.63) is 157 Å². The number of hydrogen-bond donors (Lipinski definition) is 0. The van der Waals surface area contributed by atoms with Gasteiger partial charge in [-0.3, -0.25) is 14.5 Å². The van der Waals surface area contributed by atoms with E-state index in [1.54, 1.807) is 34.1 Å². The highest BCUT2D eigenvalue weighted by molar-refractivity contribution is 6.01. The summed E-state index contributed by atoms with van der Waals surface area (Å²) < 4.78 is 11.9. The second kappa shape index (κ2) is 14.3. The highest BCUT2D eigenvalue weighted by atomic mass is 16.5. The third-order valence-electron chi connectivity index (χ3n) is 6.61. The molecular formula is C36H32N2O4. The first-order valence-corrected chi connectivity index (χ1v) is 13.8. The average Bonchev–Trinajstić information content (AvgIpc) is 3.05. The van der Waals surface area contributed by atoms with Gasteiger partial charge in [0.1, 0.15) is 0 Å². The van der Waals surface area contributed by atoms with Gasteiger partial charge >= 0.3 is 0 Å². The minimum Gasteiger partial charge on any atom is -0.480 e. The number of rotatable bonds is 12. The minimum absolute atomic E-state index is 0.159. The monoisotopic (exact) mass is 556 g/mol. The van der Waals surface area contributed by atoms with Gasteiger partial charge in [0.2, 0.25) is 0 Å². The lowest BCUT2D eigenvalue weighted by atomic mass is 10.1. The molecule has 0 aliphatic rings. The van der Waals surface area contributed by atoms with Gasteiger partial charge in [-0.15, -0.1) is 0 Å². The number of carbonyl (C=O) groups excluding carboxylic acids is 2. The van der Waals surface area contributed by atoms with Crippen LogP contribution in [0, 0.1) is 0 Å². The largest absolute Gasteiger partial charge is 0.480 e. The molecular weight excluding hydrogens is 524 g/mol. The van der Waals surface area contributed by atoms with E-state index >= 15 is 0 Å². The molecule has 210 valence electrons. The van der Waals surface area contributed by atoms with E-state index in [9.17, 15) is 9.59 Å². The topological polar surface area (TPSA) is 59.1 Å². The number of benzene rings is 5. The highest BCUT2D eigenvalue weighted by Crippen LogP contribution is 2.29. The predicted octanol–water partition coefficient (Wildman–Crippen LogP) is 7.04. The molecule has 5 aromatic rings. The van der Waals surface area contributed by atoms with Gasteiger partial charge in [-0.25, -0.2) is 0 Å². The Morgan fingerprint density at radius 1 is 0.452 bits per heavy atom. The molecule has 0 heterocycles. The lowest BCUT2D eigenvalue weighted by molar-refractivity contribution is -0.134. The Bertz CT molecular complexity index is 1480. The Balaban J connectivity index is 1.26. The first-order valence-electron chi connectivity index (χ1n) is 13.8. The molecule has 0 aliphatic heterocycles. The van der Waals surface area contributed by atoms with Crippen molar-refractivity contribution in [1.29, 1.82) is 0 Å². The van der Waals surface area contributed by atoms with E-state index in [1.165, 1.54) is 0 Å². The molecule has 42 heavy (non-hydrogen) atoms. The van der Waals surface area contributed by atoms with Crippen molar-refractivity contribution in [2.24, 2.45) is 0 Å². The summed E-state index contributed by atoms with van der Waals surface area (Å²) in [5.41, 5.74) is 3.55. The Labute approximate surface area is 246 Å². The zero-order chi connectivity index (χ0) is 29.0. The lowest BCUT2D eigenvalue weighted by Crippen LogP contribution is -2.34. The number of carbonyl (C=O) groups is 2. The number of anilines is 2. The van der Waals surface area contributed by atoms with Crippen molar-refractivity contribution in [2.75, 3.05) is 18.1 Å². The molecule has 0 bridgehead atoms. The van der Waals surface area contributed by atoms with Gasteiger partial charge in [0.15, 0.2) is 24.7 Å². The summed E-state index contributed by atoms with van der Waals surface area (Å²) in [7, 11) is 0. The van der Waals surface area contributed by atoms with E-state index in [2.05, 4.69) is 0 Å². The summed E-state index contributed by atoms with van der Waals surface area (Å²) in [6.07, 6.45) is 0. The van der Waals surface area contributed by atoms with Crippen molar-refractivity contribution < 1.29 is 19.1 Å². The fourth-order valence-electron chi connectivity index (χ4n) is 4.55. The van der Waals surface area contributed by atoms with E-state index in [0.29, 0.717) is 24.6 Å². The third kappa shape index (κ3) is 7.64. The van der Waals surface area contributed by atoms with Crippen LogP contribution in [0.3, 0.4) is 0 Å². The van der Waals surface area contributed by atoms with Crippen LogP contribution in [0.4, 0.5) is 11.4 Å². The maximum Gasteiger partial charge on any atom is 0.269 e. The summed E-state index contributed by atoms with van der Waals surface area (Å²) in [5, 5.41) is 0. The van der Waals surface area contributed by atoms with Crippen LogP contribution in [0.2, 0.25) is 0 Å². The van der Waals surface area contributed by atoms with Gasteiger partial charge in [-0.1, -0.05) is 109 Å². The Morgan fingerprint density at radius 2 is 0.810 bits per heavy atom. The van der Waals surface area contributed by atoms with Gasteiger partial charge < -0.3 is 14.4 Å². The maximum atomic E-state index is 13.4. The molecule has 0 spiro atoms. The van der Waals surface area contributed by atoms with Gasteiger partial charge in [-0.2, -0.15) is 0 Å². The number of hydrogen-bond acceptors (Lipinski definition) is 4. The second-order valence-corrected chi connectivity index (χ2v) is 9.65. The van der Waals surface area contributed by atoms with Crippen LogP contribution in [0.15, 0.2) is 146 Å². The van der Waals surface area contributed by atoms with E-state index < -0.39 is 0 Å². The zero-order valence-corrected chi connectivity index (χ0v) is 23.2. The summed E-state index contributed by atoms with van der Waals surface area (Å²) in [5.74, 6) is 0.379. The number of nitrogens with zero attached hydrogens (tertiary/aromatic N) is 2. The van der Waals surface area contributed by atoms with Crippen LogP contribution in [-0.2, 0) is 22.7 Å². The van der Waals surface area contributed by atoms with E-state index in [4.69, 9.17) is 9.47 Å². The summed E-state index contributed by atoms with van der Waals surface area (Å²) in [4.78, 5) is 30.2. The van der Waals surface area contributed by atoms with Crippen molar-refractivity contribution >= 4 is 23.2 Å².